The van der Waals surface area contributed by atoms with Crippen molar-refractivity contribution in [2.45, 2.75) is 70.9 Å². The fraction of sp³-hybridized carbons (Fsp3) is 0.778. The van der Waals surface area contributed by atoms with Crippen molar-refractivity contribution >= 4 is 11.9 Å². The fourth-order valence-corrected chi connectivity index (χ4v) is 4.95. The molecule has 23 heavy (non-hydrogen) atoms. The van der Waals surface area contributed by atoms with E-state index in [9.17, 15) is 9.59 Å². The highest BCUT2D eigenvalue weighted by atomic mass is 16.6. The molecule has 1 saturated carbocycles. The van der Waals surface area contributed by atoms with Gasteiger partial charge in [-0.05, 0) is 20.3 Å². The molecule has 0 aromatic heterocycles. The second kappa shape index (κ2) is 4.82. The van der Waals surface area contributed by atoms with Crippen LogP contribution in [-0.4, -0.2) is 35.9 Å². The highest BCUT2D eigenvalue weighted by molar-refractivity contribution is 5.76. The molecule has 3 fully saturated rings. The molecule has 0 radical (unpaired) electrons. The van der Waals surface area contributed by atoms with Gasteiger partial charge < -0.3 is 14.2 Å². The standard InChI is InChI=1S/C18H24O5/c1-5-13(19)21-11-6-8(2)10-7-12-18(4,23-12)15(10)16-14(11)9(3)17(20)22-16/h9,11-12,14-16H,5-7H2,1-4H3/t9-,11-,12+,14+,15-,16-,18+/m0/s1. The van der Waals surface area contributed by atoms with Gasteiger partial charge in [-0.2, -0.15) is 0 Å². The van der Waals surface area contributed by atoms with Gasteiger partial charge in [-0.1, -0.05) is 25.0 Å². The van der Waals surface area contributed by atoms with Gasteiger partial charge in [0.05, 0.1) is 12.0 Å². The lowest BCUT2D eigenvalue weighted by Gasteiger charge is -2.31. The van der Waals surface area contributed by atoms with Gasteiger partial charge in [-0.3, -0.25) is 9.59 Å². The Morgan fingerprint density at radius 3 is 2.83 bits per heavy atom. The molecular formula is C18H24O5. The molecule has 0 amide bonds. The van der Waals surface area contributed by atoms with E-state index < -0.39 is 0 Å². The van der Waals surface area contributed by atoms with Gasteiger partial charge in [-0.25, -0.2) is 0 Å². The van der Waals surface area contributed by atoms with Crippen LogP contribution in [0.2, 0.25) is 0 Å². The minimum absolute atomic E-state index is 0.0878. The predicted octanol–water partition coefficient (Wildman–Crippen LogP) is 2.38. The third-order valence-electron chi connectivity index (χ3n) is 6.34. The van der Waals surface area contributed by atoms with E-state index >= 15 is 0 Å². The molecule has 0 spiro atoms. The first kappa shape index (κ1) is 15.2. The number of hydrogen-bond acceptors (Lipinski definition) is 5. The van der Waals surface area contributed by atoms with Crippen LogP contribution >= 0.6 is 0 Å². The van der Waals surface area contributed by atoms with E-state index in [-0.39, 0.29) is 53.6 Å². The zero-order valence-electron chi connectivity index (χ0n) is 14.1. The van der Waals surface area contributed by atoms with Crippen LogP contribution in [0.1, 0.15) is 47.0 Å². The molecule has 0 unspecified atom stereocenters. The van der Waals surface area contributed by atoms with Crippen molar-refractivity contribution in [3.63, 3.8) is 0 Å². The normalized spacial score (nSPS) is 47.4. The molecule has 5 nitrogen and oxygen atoms in total. The summed E-state index contributed by atoms with van der Waals surface area (Å²) in [4.78, 5) is 24.1. The van der Waals surface area contributed by atoms with Crippen LogP contribution in [0.5, 0.6) is 0 Å². The quantitative estimate of drug-likeness (QED) is 0.444. The van der Waals surface area contributed by atoms with Crippen molar-refractivity contribution in [2.24, 2.45) is 17.8 Å². The SMILES string of the molecule is CCC(=O)O[C@H]1CC(C)=C2C[C@H]3O[C@@]3(C)[C@@H]2[C@H]2OC(=O)[C@@H](C)[C@@H]21. The summed E-state index contributed by atoms with van der Waals surface area (Å²) >= 11 is 0. The summed E-state index contributed by atoms with van der Waals surface area (Å²) in [6.45, 7) is 7.92. The number of carbonyl (C=O) groups is 2. The third-order valence-corrected chi connectivity index (χ3v) is 6.34. The van der Waals surface area contributed by atoms with Gasteiger partial charge >= 0.3 is 11.9 Å². The molecule has 2 saturated heterocycles. The molecule has 7 atom stereocenters. The van der Waals surface area contributed by atoms with Crippen LogP contribution in [0, 0.1) is 17.8 Å². The lowest BCUT2D eigenvalue weighted by molar-refractivity contribution is -0.153. The molecule has 2 heterocycles. The van der Waals surface area contributed by atoms with E-state index in [1.165, 1.54) is 11.1 Å². The summed E-state index contributed by atoms with van der Waals surface area (Å²) in [5.74, 6) is -0.615. The summed E-state index contributed by atoms with van der Waals surface area (Å²) in [6, 6.07) is 0. The van der Waals surface area contributed by atoms with Crippen LogP contribution in [0.4, 0.5) is 0 Å². The van der Waals surface area contributed by atoms with E-state index in [1.807, 2.05) is 6.92 Å². The minimum atomic E-state index is -0.284. The first-order valence-corrected chi connectivity index (χ1v) is 8.63. The highest BCUT2D eigenvalue weighted by Crippen LogP contribution is 2.62. The lowest BCUT2D eigenvalue weighted by atomic mass is 9.78. The number of ether oxygens (including phenoxy) is 3. The van der Waals surface area contributed by atoms with Gasteiger partial charge in [-0.15, -0.1) is 0 Å². The molecule has 4 rings (SSSR count). The summed E-state index contributed by atoms with van der Waals surface area (Å²) < 4.78 is 17.4. The largest absolute Gasteiger partial charge is 0.462 e. The monoisotopic (exact) mass is 320 g/mol. The number of esters is 2. The molecular weight excluding hydrogens is 296 g/mol. The molecule has 5 heteroatoms. The number of carbonyl (C=O) groups excluding carboxylic acids is 2. The second-order valence-electron chi connectivity index (χ2n) is 7.63. The van der Waals surface area contributed by atoms with E-state index in [0.717, 1.165) is 6.42 Å². The predicted molar refractivity (Wildman–Crippen MR) is 81.4 cm³/mol. The van der Waals surface area contributed by atoms with Crippen molar-refractivity contribution in [1.29, 1.82) is 0 Å². The number of fused-ring (bicyclic) bond motifs is 5. The molecule has 0 aromatic carbocycles. The van der Waals surface area contributed by atoms with Gasteiger partial charge in [0, 0.05) is 24.7 Å². The van der Waals surface area contributed by atoms with Gasteiger partial charge in [0.2, 0.25) is 0 Å². The Balaban J connectivity index is 1.74. The Kier molecular flexibility index (Phi) is 3.18. The van der Waals surface area contributed by atoms with Crippen molar-refractivity contribution in [1.82, 2.24) is 0 Å². The smallest absolute Gasteiger partial charge is 0.309 e. The summed E-state index contributed by atoms with van der Waals surface area (Å²) in [7, 11) is 0. The van der Waals surface area contributed by atoms with E-state index in [2.05, 4.69) is 13.8 Å². The Labute approximate surface area is 136 Å². The first-order chi connectivity index (χ1) is 10.9. The van der Waals surface area contributed by atoms with Crippen molar-refractivity contribution in [3.05, 3.63) is 11.1 Å². The number of epoxide rings is 1. The molecule has 4 aliphatic rings. The first-order valence-electron chi connectivity index (χ1n) is 8.63. The topological polar surface area (TPSA) is 65.1 Å². The van der Waals surface area contributed by atoms with Crippen LogP contribution < -0.4 is 0 Å². The van der Waals surface area contributed by atoms with Gasteiger partial charge in [0.15, 0.2) is 0 Å². The van der Waals surface area contributed by atoms with E-state index in [1.54, 1.807) is 6.92 Å². The Morgan fingerprint density at radius 2 is 2.13 bits per heavy atom. The maximum atomic E-state index is 12.2. The Hall–Kier alpha value is -1.36. The van der Waals surface area contributed by atoms with Gasteiger partial charge in [0.25, 0.3) is 0 Å². The molecule has 126 valence electrons. The fourth-order valence-electron chi connectivity index (χ4n) is 4.95. The van der Waals surface area contributed by atoms with Crippen molar-refractivity contribution in [2.75, 3.05) is 0 Å². The highest BCUT2D eigenvalue weighted by Gasteiger charge is 2.70. The minimum Gasteiger partial charge on any atom is -0.462 e. The molecule has 0 bridgehead atoms. The van der Waals surface area contributed by atoms with E-state index in [0.29, 0.717) is 12.8 Å². The molecule has 0 aromatic rings. The average Bonchev–Trinajstić information content (AvgIpc) is 2.97. The van der Waals surface area contributed by atoms with Crippen LogP contribution in [0.3, 0.4) is 0 Å². The summed E-state index contributed by atoms with van der Waals surface area (Å²) in [6.07, 6.45) is 1.69. The Bertz CT molecular complexity index is 609. The zero-order chi connectivity index (χ0) is 16.5. The lowest BCUT2D eigenvalue weighted by Crippen LogP contribution is -2.41. The van der Waals surface area contributed by atoms with E-state index in [4.69, 9.17) is 14.2 Å². The molecule has 0 N–H and O–H groups in total. The molecule has 2 aliphatic heterocycles. The average molecular weight is 320 g/mol. The Morgan fingerprint density at radius 1 is 1.39 bits per heavy atom. The van der Waals surface area contributed by atoms with Crippen LogP contribution in [-0.2, 0) is 23.8 Å². The maximum absolute atomic E-state index is 12.2. The van der Waals surface area contributed by atoms with Crippen LogP contribution in [0.25, 0.3) is 0 Å². The van der Waals surface area contributed by atoms with Crippen molar-refractivity contribution in [3.8, 4) is 0 Å². The maximum Gasteiger partial charge on any atom is 0.309 e. The van der Waals surface area contributed by atoms with Gasteiger partial charge in [0.1, 0.15) is 17.8 Å². The van der Waals surface area contributed by atoms with Crippen molar-refractivity contribution < 1.29 is 23.8 Å². The number of hydrogen-bond donors (Lipinski definition) is 0. The summed E-state index contributed by atoms with van der Waals surface area (Å²) in [5.41, 5.74) is 2.42. The number of rotatable bonds is 2. The summed E-state index contributed by atoms with van der Waals surface area (Å²) in [5, 5.41) is 0. The third kappa shape index (κ3) is 2.02. The second-order valence-corrected chi connectivity index (χ2v) is 7.63. The zero-order valence-corrected chi connectivity index (χ0v) is 14.1. The molecule has 2 aliphatic carbocycles. The van der Waals surface area contributed by atoms with Crippen LogP contribution in [0.15, 0.2) is 11.1 Å².